The minimum absolute atomic E-state index is 0.0848. The molecule has 104 valence electrons. The Morgan fingerprint density at radius 1 is 1.47 bits per heavy atom. The van der Waals surface area contributed by atoms with E-state index >= 15 is 0 Å². The largest absolute Gasteiger partial charge is 0.326 e. The van der Waals surface area contributed by atoms with Gasteiger partial charge < -0.3 is 5.32 Å². The van der Waals surface area contributed by atoms with Crippen LogP contribution in [0.3, 0.4) is 0 Å². The first kappa shape index (κ1) is 13.6. The second kappa shape index (κ2) is 5.86. The second-order valence-electron chi connectivity index (χ2n) is 5.01. The molecule has 0 aromatic carbocycles. The van der Waals surface area contributed by atoms with E-state index in [9.17, 15) is 9.59 Å². The molecule has 2 atom stereocenters. The topological polar surface area (TPSA) is 69.1 Å². The summed E-state index contributed by atoms with van der Waals surface area (Å²) in [6.45, 7) is 5.27. The lowest BCUT2D eigenvalue weighted by Gasteiger charge is -2.15. The highest BCUT2D eigenvalue weighted by atomic mass is 16.2. The number of urea groups is 1. The minimum Gasteiger partial charge on any atom is -0.326 e. The molecule has 0 radical (unpaired) electrons. The molecule has 0 aliphatic carbocycles. The Hall–Kier alpha value is -1.85. The molecule has 2 N–H and O–H groups in total. The number of aromatic nitrogens is 2. The van der Waals surface area contributed by atoms with Crippen LogP contribution in [0, 0.1) is 5.92 Å². The molecule has 1 unspecified atom stereocenters. The molecule has 1 aliphatic rings. The van der Waals surface area contributed by atoms with E-state index < -0.39 is 0 Å². The van der Waals surface area contributed by atoms with Crippen LogP contribution in [0.25, 0.3) is 0 Å². The Bertz CT molecular complexity index is 444. The molecule has 0 bridgehead atoms. The Balaban J connectivity index is 1.86. The third-order valence-electron chi connectivity index (χ3n) is 3.67. The molecule has 2 rings (SSSR count). The summed E-state index contributed by atoms with van der Waals surface area (Å²) in [7, 11) is 0. The van der Waals surface area contributed by atoms with Crippen molar-refractivity contribution in [3.8, 4) is 0 Å². The number of nitrogens with one attached hydrogen (secondary N) is 2. The highest BCUT2D eigenvalue weighted by Crippen LogP contribution is 2.16. The van der Waals surface area contributed by atoms with Gasteiger partial charge in [0.2, 0.25) is 6.33 Å². The van der Waals surface area contributed by atoms with Gasteiger partial charge in [0.15, 0.2) is 0 Å². The van der Waals surface area contributed by atoms with Crippen LogP contribution in [0.15, 0.2) is 18.7 Å². The summed E-state index contributed by atoms with van der Waals surface area (Å²) in [6, 6.07) is -0.605. The van der Waals surface area contributed by atoms with E-state index in [2.05, 4.69) is 10.3 Å². The fourth-order valence-electron chi connectivity index (χ4n) is 2.24. The third kappa shape index (κ3) is 2.94. The lowest BCUT2D eigenvalue weighted by atomic mass is 9.99. The molecule has 0 spiro atoms. The van der Waals surface area contributed by atoms with Gasteiger partial charge in [-0.2, -0.15) is 0 Å². The van der Waals surface area contributed by atoms with Crippen molar-refractivity contribution in [2.45, 2.75) is 39.3 Å². The number of aromatic amines is 1. The summed E-state index contributed by atoms with van der Waals surface area (Å²) < 4.78 is 1.99. The molecule has 6 heteroatoms. The van der Waals surface area contributed by atoms with Gasteiger partial charge in [0.25, 0.3) is 5.91 Å². The number of aryl methyl sites for hydroxylation is 1. The van der Waals surface area contributed by atoms with Gasteiger partial charge in [-0.25, -0.2) is 9.36 Å². The van der Waals surface area contributed by atoms with Crippen molar-refractivity contribution in [2.24, 2.45) is 5.92 Å². The van der Waals surface area contributed by atoms with Gasteiger partial charge in [-0.3, -0.25) is 14.7 Å². The van der Waals surface area contributed by atoms with Crippen LogP contribution < -0.4 is 9.88 Å². The first-order chi connectivity index (χ1) is 9.13. The van der Waals surface area contributed by atoms with E-state index in [1.807, 2.05) is 37.1 Å². The predicted molar refractivity (Wildman–Crippen MR) is 69.1 cm³/mol. The van der Waals surface area contributed by atoms with Crippen molar-refractivity contribution >= 4 is 11.9 Å². The number of imide groups is 1. The van der Waals surface area contributed by atoms with E-state index in [0.29, 0.717) is 6.54 Å². The zero-order valence-corrected chi connectivity index (χ0v) is 11.4. The zero-order valence-electron chi connectivity index (χ0n) is 11.4. The van der Waals surface area contributed by atoms with E-state index in [0.717, 1.165) is 19.4 Å². The van der Waals surface area contributed by atoms with Crippen LogP contribution in [0.1, 0.15) is 26.7 Å². The maximum absolute atomic E-state index is 12.1. The van der Waals surface area contributed by atoms with Gasteiger partial charge in [0.05, 0.1) is 6.54 Å². The van der Waals surface area contributed by atoms with Crippen LogP contribution >= 0.6 is 0 Å². The second-order valence-corrected chi connectivity index (χ2v) is 5.01. The average molecular weight is 265 g/mol. The third-order valence-corrected chi connectivity index (χ3v) is 3.67. The van der Waals surface area contributed by atoms with Crippen LogP contribution in [0.5, 0.6) is 0 Å². The average Bonchev–Trinajstić information content (AvgIpc) is 3.00. The number of rotatable bonds is 6. The van der Waals surface area contributed by atoms with Crippen molar-refractivity contribution in [3.05, 3.63) is 18.7 Å². The van der Waals surface area contributed by atoms with Gasteiger partial charge >= 0.3 is 6.03 Å². The molecule has 1 aromatic rings. The molecule has 1 aliphatic heterocycles. The molecule has 19 heavy (non-hydrogen) atoms. The van der Waals surface area contributed by atoms with Crippen molar-refractivity contribution < 1.29 is 14.2 Å². The Morgan fingerprint density at radius 3 is 2.89 bits per heavy atom. The van der Waals surface area contributed by atoms with E-state index in [4.69, 9.17) is 0 Å². The van der Waals surface area contributed by atoms with Crippen molar-refractivity contribution in [1.82, 2.24) is 15.2 Å². The zero-order chi connectivity index (χ0) is 13.8. The van der Waals surface area contributed by atoms with Crippen LogP contribution in [0.2, 0.25) is 0 Å². The summed E-state index contributed by atoms with van der Waals surface area (Å²) in [4.78, 5) is 28.2. The van der Waals surface area contributed by atoms with Crippen LogP contribution in [0.4, 0.5) is 4.79 Å². The highest BCUT2D eigenvalue weighted by molar-refractivity contribution is 6.04. The Kier molecular flexibility index (Phi) is 4.19. The summed E-state index contributed by atoms with van der Waals surface area (Å²) in [5.74, 6) is 0.0962. The molecule has 2 heterocycles. The quantitative estimate of drug-likeness (QED) is 0.586. The number of carbonyl (C=O) groups excluding carboxylic acids is 2. The maximum Gasteiger partial charge on any atom is 0.324 e. The lowest BCUT2D eigenvalue weighted by Crippen LogP contribution is -2.37. The summed E-state index contributed by atoms with van der Waals surface area (Å²) >= 11 is 0. The van der Waals surface area contributed by atoms with E-state index in [1.54, 1.807) is 0 Å². The van der Waals surface area contributed by atoms with Crippen molar-refractivity contribution in [2.75, 3.05) is 6.54 Å². The van der Waals surface area contributed by atoms with Crippen LogP contribution in [-0.4, -0.2) is 34.4 Å². The highest BCUT2D eigenvalue weighted by Gasteiger charge is 2.39. The number of carbonyl (C=O) groups is 2. The lowest BCUT2D eigenvalue weighted by molar-refractivity contribution is -0.695. The van der Waals surface area contributed by atoms with Gasteiger partial charge in [0.1, 0.15) is 18.4 Å². The number of hydrogen-bond acceptors (Lipinski definition) is 2. The first-order valence-electron chi connectivity index (χ1n) is 6.77. The fourth-order valence-corrected chi connectivity index (χ4v) is 2.24. The smallest absolute Gasteiger partial charge is 0.324 e. The summed E-state index contributed by atoms with van der Waals surface area (Å²) in [5, 5.41) is 2.77. The standard InChI is InChI=1S/C13H20N4O2/c1-3-10(2)11-12(18)17(13(19)15-11)7-4-6-16-8-5-14-9-16/h5,8-11H,3-4,6-7H2,1-2H3,(H,15,19)/p+1/t10?,11-/m0/s1. The predicted octanol–water partition coefficient (Wildman–Crippen LogP) is 0.659. The molecule has 0 saturated carbocycles. The van der Waals surface area contributed by atoms with Gasteiger partial charge in [-0.1, -0.05) is 20.3 Å². The maximum atomic E-state index is 12.1. The number of imidazole rings is 1. The number of H-pyrrole nitrogens is 1. The molecule has 1 aromatic heterocycles. The molecule has 3 amide bonds. The Labute approximate surface area is 112 Å². The summed E-state index contributed by atoms with van der Waals surface area (Å²) in [6.07, 6.45) is 7.26. The molecule has 1 saturated heterocycles. The minimum atomic E-state index is -0.350. The van der Waals surface area contributed by atoms with E-state index in [1.165, 1.54) is 4.90 Å². The fraction of sp³-hybridized carbons (Fsp3) is 0.615. The van der Waals surface area contributed by atoms with Crippen molar-refractivity contribution in [3.63, 3.8) is 0 Å². The van der Waals surface area contributed by atoms with Gasteiger partial charge in [-0.05, 0) is 5.92 Å². The number of hydrogen-bond donors (Lipinski definition) is 2. The van der Waals surface area contributed by atoms with Gasteiger partial charge in [0, 0.05) is 13.0 Å². The monoisotopic (exact) mass is 265 g/mol. The summed E-state index contributed by atoms with van der Waals surface area (Å²) in [5.41, 5.74) is 0. The molecular weight excluding hydrogens is 244 g/mol. The van der Waals surface area contributed by atoms with Gasteiger partial charge in [-0.15, -0.1) is 0 Å². The SMILES string of the molecule is CCC(C)[C@@H]1NC(=O)N(CCC[n+]2cc[nH]c2)C1=O. The molecule has 6 nitrogen and oxygen atoms in total. The van der Waals surface area contributed by atoms with E-state index in [-0.39, 0.29) is 23.9 Å². The molecular formula is C13H21N4O2+. The normalized spacial score (nSPS) is 20.7. The first-order valence-corrected chi connectivity index (χ1v) is 6.77. The Morgan fingerprint density at radius 2 is 2.26 bits per heavy atom. The number of nitrogens with zero attached hydrogens (tertiary/aromatic N) is 2. The number of amides is 3. The van der Waals surface area contributed by atoms with Crippen LogP contribution in [-0.2, 0) is 11.3 Å². The molecule has 1 fully saturated rings. The van der Waals surface area contributed by atoms with Crippen molar-refractivity contribution in [1.29, 1.82) is 0 Å².